The molecule has 0 saturated heterocycles. The van der Waals surface area contributed by atoms with E-state index in [2.05, 4.69) is 17.2 Å². The second-order valence-electron chi connectivity index (χ2n) is 2.44. The van der Waals surface area contributed by atoms with Gasteiger partial charge < -0.3 is 15.7 Å². The molecule has 1 unspecified atom stereocenters. The number of carbonyl (C=O) groups excluding carboxylic acids is 1. The summed E-state index contributed by atoms with van der Waals surface area (Å²) in [5, 5.41) is 13.3. The lowest BCUT2D eigenvalue weighted by molar-refractivity contribution is -0.139. The second kappa shape index (κ2) is 6.05. The minimum Gasteiger partial charge on any atom is -0.480 e. The number of nitrogens with one attached hydrogen (secondary N) is 2. The average Bonchev–Trinajstić information content (AvgIpc) is 2.10. The molecule has 0 heterocycles. The summed E-state index contributed by atoms with van der Waals surface area (Å²) in [5.41, 5.74) is 0. The molecule has 3 N–H and O–H groups in total. The van der Waals surface area contributed by atoms with Crippen molar-refractivity contribution in [2.24, 2.45) is 0 Å². The molecule has 74 valence electrons. The first-order chi connectivity index (χ1) is 6.11. The standard InChI is InChI=1S/C8H14N2O3/c1-3-5-9-8(13)10-6(4-2)7(11)12/h3,6H,1,4-5H2,2H3,(H,11,12)(H2,9,10,13). The lowest BCUT2D eigenvalue weighted by Gasteiger charge is -2.11. The van der Waals surface area contributed by atoms with E-state index in [0.717, 1.165) is 0 Å². The molecule has 0 aromatic rings. The maximum Gasteiger partial charge on any atom is 0.326 e. The van der Waals surface area contributed by atoms with Crippen LogP contribution in [-0.2, 0) is 4.79 Å². The third-order valence-electron chi connectivity index (χ3n) is 1.42. The van der Waals surface area contributed by atoms with Crippen molar-refractivity contribution in [1.29, 1.82) is 0 Å². The zero-order valence-electron chi connectivity index (χ0n) is 7.54. The number of rotatable bonds is 5. The van der Waals surface area contributed by atoms with E-state index in [0.29, 0.717) is 13.0 Å². The van der Waals surface area contributed by atoms with Gasteiger partial charge in [-0.1, -0.05) is 13.0 Å². The number of aliphatic carboxylic acids is 1. The Balaban J connectivity index is 3.86. The van der Waals surface area contributed by atoms with Crippen molar-refractivity contribution < 1.29 is 14.7 Å². The Kier molecular flexibility index (Phi) is 5.34. The smallest absolute Gasteiger partial charge is 0.326 e. The topological polar surface area (TPSA) is 78.4 Å². The van der Waals surface area contributed by atoms with Crippen LogP contribution in [-0.4, -0.2) is 29.7 Å². The van der Waals surface area contributed by atoms with Crippen LogP contribution < -0.4 is 10.6 Å². The summed E-state index contributed by atoms with van der Waals surface area (Å²) in [5.74, 6) is -1.03. The maximum absolute atomic E-state index is 10.9. The second-order valence-corrected chi connectivity index (χ2v) is 2.44. The summed E-state index contributed by atoms with van der Waals surface area (Å²) < 4.78 is 0. The molecule has 0 fully saturated rings. The Labute approximate surface area is 76.8 Å². The molecule has 5 heteroatoms. The van der Waals surface area contributed by atoms with Gasteiger partial charge in [-0.2, -0.15) is 0 Å². The van der Waals surface area contributed by atoms with Gasteiger partial charge in [-0.05, 0) is 6.42 Å². The number of carboxylic acids is 1. The molecule has 0 radical (unpaired) electrons. The quantitative estimate of drug-likeness (QED) is 0.541. The number of hydrogen-bond acceptors (Lipinski definition) is 2. The number of urea groups is 1. The van der Waals surface area contributed by atoms with E-state index in [4.69, 9.17) is 5.11 Å². The fraction of sp³-hybridized carbons (Fsp3) is 0.500. The molecular formula is C8H14N2O3. The van der Waals surface area contributed by atoms with Crippen LogP contribution in [0, 0.1) is 0 Å². The van der Waals surface area contributed by atoms with E-state index >= 15 is 0 Å². The van der Waals surface area contributed by atoms with Gasteiger partial charge in [0, 0.05) is 6.54 Å². The molecule has 2 amide bonds. The predicted octanol–water partition coefficient (Wildman–Crippen LogP) is 0.335. The van der Waals surface area contributed by atoms with Gasteiger partial charge in [-0.25, -0.2) is 9.59 Å². The van der Waals surface area contributed by atoms with E-state index in [1.165, 1.54) is 6.08 Å². The Morgan fingerprint density at radius 3 is 2.62 bits per heavy atom. The van der Waals surface area contributed by atoms with Gasteiger partial charge in [0.25, 0.3) is 0 Å². The highest BCUT2D eigenvalue weighted by Crippen LogP contribution is 1.89. The van der Waals surface area contributed by atoms with E-state index in [-0.39, 0.29) is 0 Å². The van der Waals surface area contributed by atoms with E-state index in [9.17, 15) is 9.59 Å². The van der Waals surface area contributed by atoms with Gasteiger partial charge in [0.05, 0.1) is 0 Å². The molecular weight excluding hydrogens is 172 g/mol. The van der Waals surface area contributed by atoms with Crippen LogP contribution in [0.15, 0.2) is 12.7 Å². The zero-order chi connectivity index (χ0) is 10.3. The highest BCUT2D eigenvalue weighted by atomic mass is 16.4. The number of amides is 2. The molecule has 0 saturated carbocycles. The minimum absolute atomic E-state index is 0.321. The molecule has 13 heavy (non-hydrogen) atoms. The molecule has 0 rings (SSSR count). The van der Waals surface area contributed by atoms with Gasteiger partial charge in [-0.15, -0.1) is 6.58 Å². The Hall–Kier alpha value is -1.52. The Morgan fingerprint density at radius 2 is 2.23 bits per heavy atom. The van der Waals surface area contributed by atoms with Gasteiger partial charge in [0.2, 0.25) is 0 Å². The summed E-state index contributed by atoms with van der Waals surface area (Å²) in [7, 11) is 0. The van der Waals surface area contributed by atoms with Crippen LogP contribution in [0.5, 0.6) is 0 Å². The molecule has 0 aliphatic heterocycles. The summed E-state index contributed by atoms with van der Waals surface area (Å²) in [6.45, 7) is 5.42. The number of hydrogen-bond donors (Lipinski definition) is 3. The van der Waals surface area contributed by atoms with E-state index < -0.39 is 18.0 Å². The van der Waals surface area contributed by atoms with Crippen LogP contribution in [0.25, 0.3) is 0 Å². The molecule has 0 aliphatic rings. The van der Waals surface area contributed by atoms with Crippen molar-refractivity contribution in [2.75, 3.05) is 6.54 Å². The van der Waals surface area contributed by atoms with Crippen LogP contribution in [0.4, 0.5) is 4.79 Å². The van der Waals surface area contributed by atoms with Crippen molar-refractivity contribution in [3.05, 3.63) is 12.7 Å². The fourth-order valence-corrected chi connectivity index (χ4v) is 0.713. The third kappa shape index (κ3) is 4.84. The third-order valence-corrected chi connectivity index (χ3v) is 1.42. The van der Waals surface area contributed by atoms with Crippen molar-refractivity contribution in [1.82, 2.24) is 10.6 Å². The predicted molar refractivity (Wildman–Crippen MR) is 48.4 cm³/mol. The SMILES string of the molecule is C=CCNC(=O)NC(CC)C(=O)O. The van der Waals surface area contributed by atoms with E-state index in [1.54, 1.807) is 6.92 Å². The fourth-order valence-electron chi connectivity index (χ4n) is 0.713. The molecule has 0 bridgehead atoms. The van der Waals surface area contributed by atoms with Crippen molar-refractivity contribution in [3.8, 4) is 0 Å². The lowest BCUT2D eigenvalue weighted by atomic mass is 10.2. The number of carbonyl (C=O) groups is 2. The molecule has 1 atom stereocenters. The minimum atomic E-state index is -1.03. The van der Waals surface area contributed by atoms with Crippen molar-refractivity contribution in [3.63, 3.8) is 0 Å². The highest BCUT2D eigenvalue weighted by Gasteiger charge is 2.16. The van der Waals surface area contributed by atoms with Crippen LogP contribution in [0.3, 0.4) is 0 Å². The largest absolute Gasteiger partial charge is 0.480 e. The van der Waals surface area contributed by atoms with Gasteiger partial charge in [0.15, 0.2) is 0 Å². The summed E-state index contributed by atoms with van der Waals surface area (Å²) >= 11 is 0. The Bertz CT molecular complexity index is 204. The molecule has 0 aromatic carbocycles. The van der Waals surface area contributed by atoms with Gasteiger partial charge >= 0.3 is 12.0 Å². The van der Waals surface area contributed by atoms with E-state index in [1.807, 2.05) is 0 Å². The summed E-state index contributed by atoms with van der Waals surface area (Å²) in [6, 6.07) is -1.32. The normalized spacial score (nSPS) is 11.5. The van der Waals surface area contributed by atoms with Gasteiger partial charge in [0.1, 0.15) is 6.04 Å². The summed E-state index contributed by atoms with van der Waals surface area (Å²) in [4.78, 5) is 21.4. The van der Waals surface area contributed by atoms with Crippen LogP contribution >= 0.6 is 0 Å². The molecule has 0 aliphatic carbocycles. The van der Waals surface area contributed by atoms with Crippen molar-refractivity contribution >= 4 is 12.0 Å². The van der Waals surface area contributed by atoms with Crippen LogP contribution in [0.1, 0.15) is 13.3 Å². The van der Waals surface area contributed by atoms with Crippen molar-refractivity contribution in [2.45, 2.75) is 19.4 Å². The van der Waals surface area contributed by atoms with Gasteiger partial charge in [-0.3, -0.25) is 0 Å². The number of carboxylic acid groups (broad SMARTS) is 1. The molecule has 0 aromatic heterocycles. The van der Waals surface area contributed by atoms with Crippen LogP contribution in [0.2, 0.25) is 0 Å². The molecule has 0 spiro atoms. The molecule has 5 nitrogen and oxygen atoms in total. The zero-order valence-corrected chi connectivity index (χ0v) is 7.54. The first-order valence-electron chi connectivity index (χ1n) is 3.99. The highest BCUT2D eigenvalue weighted by molar-refractivity contribution is 5.82. The monoisotopic (exact) mass is 186 g/mol. The first kappa shape index (κ1) is 11.5. The average molecular weight is 186 g/mol. The summed E-state index contributed by atoms with van der Waals surface area (Å²) in [6.07, 6.45) is 1.87. The lowest BCUT2D eigenvalue weighted by Crippen LogP contribution is -2.45. The Morgan fingerprint density at radius 1 is 1.62 bits per heavy atom. The maximum atomic E-state index is 10.9. The first-order valence-corrected chi connectivity index (χ1v) is 3.99.